The molecule has 0 radical (unpaired) electrons. The summed E-state index contributed by atoms with van der Waals surface area (Å²) in [6.45, 7) is 2.05. The second-order valence-corrected chi connectivity index (χ2v) is 10.1. The number of anilines is 1. The third-order valence-corrected chi connectivity index (χ3v) is 7.75. The van der Waals surface area contributed by atoms with Crippen molar-refractivity contribution in [2.24, 2.45) is 9.98 Å². The Morgan fingerprint density at radius 1 is 1.23 bits per heavy atom. The molecule has 0 bridgehead atoms. The number of benzene rings is 2. The summed E-state index contributed by atoms with van der Waals surface area (Å²) in [5, 5.41) is 10.6. The summed E-state index contributed by atoms with van der Waals surface area (Å²) in [5.74, 6) is -0.162. The van der Waals surface area contributed by atoms with Crippen LogP contribution in [0.25, 0.3) is 0 Å². The molecule has 0 saturated heterocycles. The zero-order chi connectivity index (χ0) is 22.0. The summed E-state index contributed by atoms with van der Waals surface area (Å²) in [5.41, 5.74) is 2.56. The molecule has 0 unspecified atom stereocenters. The number of hydrogen-bond acceptors (Lipinski definition) is 4. The van der Waals surface area contributed by atoms with Gasteiger partial charge in [0.05, 0.1) is 11.4 Å². The minimum atomic E-state index is -0.862. The van der Waals surface area contributed by atoms with E-state index in [4.69, 9.17) is 21.6 Å². The van der Waals surface area contributed by atoms with Crippen molar-refractivity contribution in [2.75, 3.05) is 10.7 Å². The van der Waals surface area contributed by atoms with Crippen molar-refractivity contribution in [2.45, 2.75) is 44.6 Å². The second-order valence-electron chi connectivity index (χ2n) is 7.85. The molecule has 8 heteroatoms. The summed E-state index contributed by atoms with van der Waals surface area (Å²) >= 11 is 10.9. The predicted octanol–water partition coefficient (Wildman–Crippen LogP) is 6.84. The highest BCUT2D eigenvalue weighted by Gasteiger charge is 2.50. The van der Waals surface area contributed by atoms with Crippen LogP contribution in [0.5, 0.6) is 0 Å². The molecule has 0 atom stereocenters. The van der Waals surface area contributed by atoms with Gasteiger partial charge in [-0.25, -0.2) is 9.98 Å². The van der Waals surface area contributed by atoms with Crippen LogP contribution < -0.4 is 4.90 Å². The Bertz CT molecular complexity index is 1050. The van der Waals surface area contributed by atoms with Crippen LogP contribution in [0.1, 0.15) is 37.7 Å². The number of carboxylic acids is 1. The molecule has 2 aromatic rings. The van der Waals surface area contributed by atoms with Gasteiger partial charge in [-0.1, -0.05) is 64.6 Å². The zero-order valence-electron chi connectivity index (χ0n) is 17.1. The summed E-state index contributed by atoms with van der Waals surface area (Å²) in [7, 11) is 0. The van der Waals surface area contributed by atoms with Crippen molar-refractivity contribution >= 4 is 67.6 Å². The molecular formula is C23H23BrClN3O2S. The van der Waals surface area contributed by atoms with E-state index < -0.39 is 5.97 Å². The van der Waals surface area contributed by atoms with E-state index >= 15 is 0 Å². The van der Waals surface area contributed by atoms with Gasteiger partial charge in [-0.05, 0) is 61.7 Å². The zero-order valence-corrected chi connectivity index (χ0v) is 20.3. The fraction of sp³-hybridized carbons (Fsp3) is 0.348. The van der Waals surface area contributed by atoms with Crippen LogP contribution in [0.2, 0.25) is 5.02 Å². The molecule has 2 aliphatic rings. The van der Waals surface area contributed by atoms with E-state index in [0.717, 1.165) is 52.9 Å². The molecule has 31 heavy (non-hydrogen) atoms. The molecule has 1 aliphatic heterocycles. The Hall–Kier alpha value is -1.83. The van der Waals surface area contributed by atoms with E-state index in [0.29, 0.717) is 10.2 Å². The molecular weight excluding hydrogens is 498 g/mol. The van der Waals surface area contributed by atoms with E-state index in [1.165, 1.54) is 18.2 Å². The predicted molar refractivity (Wildman–Crippen MR) is 133 cm³/mol. The van der Waals surface area contributed by atoms with Gasteiger partial charge in [0.1, 0.15) is 5.54 Å². The molecule has 1 N–H and O–H groups in total. The topological polar surface area (TPSA) is 65.3 Å². The first-order valence-electron chi connectivity index (χ1n) is 10.2. The monoisotopic (exact) mass is 519 g/mol. The molecule has 4 rings (SSSR count). The van der Waals surface area contributed by atoms with Crippen LogP contribution in [-0.4, -0.2) is 33.4 Å². The van der Waals surface area contributed by atoms with Gasteiger partial charge in [0.15, 0.2) is 11.0 Å². The molecule has 2 aromatic carbocycles. The first kappa shape index (κ1) is 22.4. The van der Waals surface area contributed by atoms with Gasteiger partial charge in [0, 0.05) is 15.2 Å². The van der Waals surface area contributed by atoms with Crippen LogP contribution in [-0.2, 0) is 4.79 Å². The number of carboxylic acid groups (broad SMARTS) is 1. The maximum atomic E-state index is 11.3. The summed E-state index contributed by atoms with van der Waals surface area (Å²) in [4.78, 5) is 23.4. The fourth-order valence-electron chi connectivity index (χ4n) is 4.18. The molecule has 162 valence electrons. The number of thioether (sulfide) groups is 1. The number of halogens is 2. The fourth-order valence-corrected chi connectivity index (χ4v) is 5.49. The standard InChI is InChI=1S/C23H23BrClN3O2S/c1-15-5-10-18(13-19(15)24)28-22(31-14-20(29)30)27-21(23(28)11-3-2-4-12-23)26-17-8-6-16(25)7-9-17/h5-10,13H,2-4,11-12,14H2,1H3,(H,29,30). The Labute approximate surface area is 199 Å². The van der Waals surface area contributed by atoms with Crippen molar-refractivity contribution < 1.29 is 9.90 Å². The van der Waals surface area contributed by atoms with Gasteiger partial charge in [-0.2, -0.15) is 0 Å². The summed E-state index contributed by atoms with van der Waals surface area (Å²) in [6, 6.07) is 13.7. The van der Waals surface area contributed by atoms with Gasteiger partial charge >= 0.3 is 5.97 Å². The van der Waals surface area contributed by atoms with Gasteiger partial charge < -0.3 is 10.0 Å². The highest BCUT2D eigenvalue weighted by Crippen LogP contribution is 2.45. The third kappa shape index (κ3) is 4.69. The van der Waals surface area contributed by atoms with Crippen LogP contribution in [0.3, 0.4) is 0 Å². The maximum absolute atomic E-state index is 11.3. The molecule has 0 aromatic heterocycles. The number of hydrogen-bond donors (Lipinski definition) is 1. The number of aryl methyl sites for hydroxylation is 1. The number of amidine groups is 2. The highest BCUT2D eigenvalue weighted by molar-refractivity contribution is 9.10. The van der Waals surface area contributed by atoms with E-state index in [1.807, 2.05) is 24.3 Å². The Morgan fingerprint density at radius 2 is 1.94 bits per heavy atom. The third-order valence-electron chi connectivity index (χ3n) is 5.72. The van der Waals surface area contributed by atoms with E-state index in [9.17, 15) is 9.90 Å². The lowest BCUT2D eigenvalue weighted by molar-refractivity contribution is -0.133. The number of rotatable bonds is 4. The second kappa shape index (κ2) is 9.35. The van der Waals surface area contributed by atoms with Gasteiger partial charge in [0.2, 0.25) is 0 Å². The smallest absolute Gasteiger partial charge is 0.313 e. The van der Waals surface area contributed by atoms with Crippen molar-refractivity contribution in [1.29, 1.82) is 0 Å². The number of aliphatic imine (C=N–C) groups is 2. The summed E-state index contributed by atoms with van der Waals surface area (Å²) < 4.78 is 1.02. The van der Waals surface area contributed by atoms with Crippen LogP contribution >= 0.6 is 39.3 Å². The number of nitrogens with zero attached hydrogens (tertiary/aromatic N) is 3. The summed E-state index contributed by atoms with van der Waals surface area (Å²) in [6.07, 6.45) is 5.18. The van der Waals surface area contributed by atoms with Crippen LogP contribution in [0, 0.1) is 6.92 Å². The average molecular weight is 521 g/mol. The normalized spacial score (nSPS) is 19.1. The van der Waals surface area contributed by atoms with Crippen LogP contribution in [0.15, 0.2) is 56.9 Å². The number of carbonyl (C=O) groups is 1. The molecule has 0 amide bonds. The SMILES string of the molecule is Cc1ccc(N2C(SCC(=O)O)=NC(=Nc3ccc(Cl)cc3)C23CCCCC3)cc1Br. The Kier molecular flexibility index (Phi) is 6.74. The van der Waals surface area contributed by atoms with Crippen LogP contribution in [0.4, 0.5) is 11.4 Å². The van der Waals surface area contributed by atoms with Gasteiger partial charge in [-0.3, -0.25) is 4.79 Å². The van der Waals surface area contributed by atoms with Crippen molar-refractivity contribution in [3.05, 3.63) is 57.5 Å². The lowest BCUT2D eigenvalue weighted by Gasteiger charge is -2.42. The van der Waals surface area contributed by atoms with Crippen molar-refractivity contribution in [1.82, 2.24) is 0 Å². The Balaban J connectivity index is 1.84. The molecule has 1 aliphatic carbocycles. The Morgan fingerprint density at radius 3 is 2.58 bits per heavy atom. The first-order chi connectivity index (χ1) is 14.9. The minimum absolute atomic E-state index is 0.0489. The lowest BCUT2D eigenvalue weighted by atomic mass is 9.79. The molecule has 1 spiro atoms. The van der Waals surface area contributed by atoms with Crippen molar-refractivity contribution in [3.63, 3.8) is 0 Å². The highest BCUT2D eigenvalue weighted by atomic mass is 79.9. The van der Waals surface area contributed by atoms with E-state index in [1.54, 1.807) is 0 Å². The maximum Gasteiger partial charge on any atom is 0.313 e. The average Bonchev–Trinajstić information content (AvgIpc) is 3.03. The van der Waals surface area contributed by atoms with Crippen molar-refractivity contribution in [3.8, 4) is 0 Å². The molecule has 1 heterocycles. The molecule has 1 saturated carbocycles. The first-order valence-corrected chi connectivity index (χ1v) is 12.4. The molecule has 1 fully saturated rings. The minimum Gasteiger partial charge on any atom is -0.481 e. The largest absolute Gasteiger partial charge is 0.481 e. The van der Waals surface area contributed by atoms with E-state index in [2.05, 4.69) is 46.0 Å². The molecule has 5 nitrogen and oxygen atoms in total. The van der Waals surface area contributed by atoms with Gasteiger partial charge in [-0.15, -0.1) is 0 Å². The number of aliphatic carboxylic acids is 1. The quantitative estimate of drug-likeness (QED) is 0.479. The van der Waals surface area contributed by atoms with Gasteiger partial charge in [0.25, 0.3) is 0 Å². The van der Waals surface area contributed by atoms with E-state index in [-0.39, 0.29) is 11.3 Å². The lowest BCUT2D eigenvalue weighted by Crippen LogP contribution is -2.52.